The minimum Gasteiger partial charge on any atom is -0.258 e. The predicted octanol–water partition coefficient (Wildman–Crippen LogP) is 1.18. The molecule has 1 aromatic heterocycles. The molecule has 11 heteroatoms. The summed E-state index contributed by atoms with van der Waals surface area (Å²) in [5.41, 5.74) is -2.29. The van der Waals surface area contributed by atoms with Crippen LogP contribution in [0, 0.1) is 13.8 Å². The van der Waals surface area contributed by atoms with Crippen molar-refractivity contribution in [2.45, 2.75) is 11.3 Å². The number of pyridine rings is 1. The molecule has 0 radical (unpaired) electrons. The molecule has 1 heterocycles. The molecule has 0 bridgehead atoms. The summed E-state index contributed by atoms with van der Waals surface area (Å²) in [6.07, 6.45) is -2.64. The molecule has 94 valence electrons. The number of nitro groups is 1. The molecule has 1 rings (SSSR count). The van der Waals surface area contributed by atoms with E-state index in [9.17, 15) is 27.3 Å². The van der Waals surface area contributed by atoms with E-state index in [1.54, 1.807) is 0 Å². The highest BCUT2D eigenvalue weighted by atomic mass is 127. The normalized spacial score (nSPS) is 11.8. The highest BCUT2D eigenvalue weighted by Gasteiger charge is 2.33. The van der Waals surface area contributed by atoms with Crippen LogP contribution in [0.4, 0.5) is 14.5 Å². The summed E-state index contributed by atoms with van der Waals surface area (Å²) in [4.78, 5) is 11.8. The molecule has 17 heavy (non-hydrogen) atoms. The van der Waals surface area contributed by atoms with Crippen LogP contribution in [0.2, 0.25) is 0 Å². The zero-order valence-corrected chi connectivity index (χ0v) is 10.8. The van der Waals surface area contributed by atoms with Gasteiger partial charge in [-0.2, -0.15) is 0 Å². The van der Waals surface area contributed by atoms with Gasteiger partial charge in [-0.1, -0.05) is 0 Å². The first-order valence-corrected chi connectivity index (χ1v) is 6.42. The van der Waals surface area contributed by atoms with Crippen LogP contribution in [-0.2, 0) is 10.0 Å². The van der Waals surface area contributed by atoms with Crippen LogP contribution in [0.5, 0.6) is 0 Å². The van der Waals surface area contributed by atoms with E-state index in [2.05, 4.69) is 4.98 Å². The van der Waals surface area contributed by atoms with E-state index < -0.39 is 37.5 Å². The van der Waals surface area contributed by atoms with Gasteiger partial charge in [-0.3, -0.25) is 10.1 Å². The average Bonchev–Trinajstić information content (AvgIpc) is 2.14. The van der Waals surface area contributed by atoms with Crippen molar-refractivity contribution in [1.82, 2.24) is 4.98 Å². The number of alkyl halides is 2. The van der Waals surface area contributed by atoms with Gasteiger partial charge in [0, 0.05) is 0 Å². The maximum atomic E-state index is 12.6. The SMILES string of the molecule is NS(=O)(=O)c1cnc(I)c(C(F)F)c1[N+](=O)[O-]. The second-order valence-electron chi connectivity index (χ2n) is 2.78. The molecule has 0 saturated carbocycles. The van der Waals surface area contributed by atoms with E-state index in [0.717, 1.165) is 0 Å². The van der Waals surface area contributed by atoms with Crippen LogP contribution >= 0.6 is 22.6 Å². The molecular weight excluding hydrogens is 375 g/mol. The molecule has 0 amide bonds. The number of halogens is 3. The van der Waals surface area contributed by atoms with E-state index in [4.69, 9.17) is 5.14 Å². The summed E-state index contributed by atoms with van der Waals surface area (Å²) >= 11 is 1.35. The summed E-state index contributed by atoms with van der Waals surface area (Å²) in [5, 5.41) is 15.4. The van der Waals surface area contributed by atoms with Crippen molar-refractivity contribution in [3.8, 4) is 0 Å². The van der Waals surface area contributed by atoms with Gasteiger partial charge < -0.3 is 0 Å². The summed E-state index contributed by atoms with van der Waals surface area (Å²) < 4.78 is 47.0. The van der Waals surface area contributed by atoms with E-state index in [1.165, 1.54) is 22.6 Å². The van der Waals surface area contributed by atoms with Gasteiger partial charge in [0.05, 0.1) is 11.1 Å². The fraction of sp³-hybridized carbons (Fsp3) is 0.167. The van der Waals surface area contributed by atoms with Crippen molar-refractivity contribution in [3.05, 3.63) is 25.6 Å². The van der Waals surface area contributed by atoms with E-state index in [-0.39, 0.29) is 3.70 Å². The minimum absolute atomic E-state index is 0.350. The maximum Gasteiger partial charge on any atom is 0.302 e. The number of hydrogen-bond acceptors (Lipinski definition) is 5. The Balaban J connectivity index is 3.78. The summed E-state index contributed by atoms with van der Waals surface area (Å²) in [6, 6.07) is 0. The molecule has 0 spiro atoms. The largest absolute Gasteiger partial charge is 0.302 e. The number of primary sulfonamides is 1. The molecule has 7 nitrogen and oxygen atoms in total. The van der Waals surface area contributed by atoms with E-state index >= 15 is 0 Å². The van der Waals surface area contributed by atoms with Gasteiger partial charge in [0.25, 0.3) is 6.43 Å². The Bertz CT molecular complexity index is 577. The molecule has 1 aromatic rings. The zero-order valence-electron chi connectivity index (χ0n) is 7.80. The Morgan fingerprint density at radius 3 is 2.41 bits per heavy atom. The first kappa shape index (κ1) is 14.1. The van der Waals surface area contributed by atoms with Crippen LogP contribution in [0.25, 0.3) is 0 Å². The topological polar surface area (TPSA) is 116 Å². The maximum absolute atomic E-state index is 12.6. The van der Waals surface area contributed by atoms with E-state index in [0.29, 0.717) is 6.20 Å². The Kier molecular flexibility index (Phi) is 3.93. The number of rotatable bonds is 3. The van der Waals surface area contributed by atoms with Gasteiger partial charge in [0.2, 0.25) is 10.0 Å². The average molecular weight is 379 g/mol. The smallest absolute Gasteiger partial charge is 0.258 e. The molecule has 2 N–H and O–H groups in total. The van der Waals surface area contributed by atoms with Gasteiger partial charge in [-0.15, -0.1) is 0 Å². The highest BCUT2D eigenvalue weighted by molar-refractivity contribution is 14.1. The van der Waals surface area contributed by atoms with Crippen LogP contribution in [0.1, 0.15) is 12.0 Å². The number of nitrogens with zero attached hydrogens (tertiary/aromatic N) is 2. The third kappa shape index (κ3) is 2.84. The number of nitrogens with two attached hydrogens (primary N) is 1. The molecule has 0 aromatic carbocycles. The molecule has 0 atom stereocenters. The lowest BCUT2D eigenvalue weighted by molar-refractivity contribution is -0.389. The van der Waals surface area contributed by atoms with Gasteiger partial charge in [-0.05, 0) is 22.6 Å². The van der Waals surface area contributed by atoms with Crippen molar-refractivity contribution >= 4 is 38.3 Å². The van der Waals surface area contributed by atoms with Crippen LogP contribution in [0.15, 0.2) is 11.1 Å². The zero-order chi connectivity index (χ0) is 13.4. The van der Waals surface area contributed by atoms with Crippen LogP contribution in [0.3, 0.4) is 0 Å². The fourth-order valence-electron chi connectivity index (χ4n) is 1.07. The van der Waals surface area contributed by atoms with Crippen molar-refractivity contribution in [2.24, 2.45) is 5.14 Å². The number of aromatic nitrogens is 1. The number of sulfonamides is 1. The number of hydrogen-bond donors (Lipinski definition) is 1. The third-order valence-corrected chi connectivity index (χ3v) is 3.48. The third-order valence-electron chi connectivity index (χ3n) is 1.71. The van der Waals surface area contributed by atoms with Gasteiger partial charge >= 0.3 is 5.69 Å². The Morgan fingerprint density at radius 1 is 1.53 bits per heavy atom. The monoisotopic (exact) mass is 379 g/mol. The molecule has 0 aliphatic heterocycles. The summed E-state index contributed by atoms with van der Waals surface area (Å²) in [7, 11) is -4.49. The Labute approximate surface area is 107 Å². The van der Waals surface area contributed by atoms with Gasteiger partial charge in [-0.25, -0.2) is 27.3 Å². The van der Waals surface area contributed by atoms with E-state index in [1.807, 2.05) is 0 Å². The lowest BCUT2D eigenvalue weighted by Crippen LogP contribution is -2.16. The summed E-state index contributed by atoms with van der Waals surface area (Å²) in [5.74, 6) is 0. The lowest BCUT2D eigenvalue weighted by atomic mass is 10.2. The van der Waals surface area contributed by atoms with Crippen molar-refractivity contribution < 1.29 is 22.1 Å². The predicted molar refractivity (Wildman–Crippen MR) is 59.9 cm³/mol. The minimum atomic E-state index is -4.49. The molecule has 0 aliphatic carbocycles. The van der Waals surface area contributed by atoms with Crippen LogP contribution in [-0.4, -0.2) is 18.3 Å². The molecule has 0 fully saturated rings. The first-order chi connectivity index (χ1) is 7.66. The van der Waals surface area contributed by atoms with Crippen molar-refractivity contribution in [3.63, 3.8) is 0 Å². The van der Waals surface area contributed by atoms with Crippen molar-refractivity contribution in [2.75, 3.05) is 0 Å². The summed E-state index contributed by atoms with van der Waals surface area (Å²) in [6.45, 7) is 0. The standard InChI is InChI=1S/C6H4F2IN3O4S/c7-5(8)3-4(12(13)14)2(17(10,15)16)1-11-6(3)9/h1,5H,(H2,10,15,16). The molecule has 0 aliphatic rings. The van der Waals surface area contributed by atoms with Crippen LogP contribution < -0.4 is 5.14 Å². The second kappa shape index (κ2) is 4.73. The first-order valence-electron chi connectivity index (χ1n) is 3.80. The quantitative estimate of drug-likeness (QED) is 0.366. The molecular formula is C6H4F2IN3O4S. The second-order valence-corrected chi connectivity index (χ2v) is 5.33. The Hall–Kier alpha value is -0.950. The highest BCUT2D eigenvalue weighted by Crippen LogP contribution is 2.35. The fourth-order valence-corrected chi connectivity index (χ4v) is 2.35. The lowest BCUT2D eigenvalue weighted by Gasteiger charge is -2.06. The van der Waals surface area contributed by atoms with Gasteiger partial charge in [0.1, 0.15) is 9.26 Å². The van der Waals surface area contributed by atoms with Crippen molar-refractivity contribution in [1.29, 1.82) is 0 Å². The van der Waals surface area contributed by atoms with Gasteiger partial charge in [0.15, 0.2) is 4.90 Å². The molecule has 0 unspecified atom stereocenters. The molecule has 0 saturated heterocycles. The Morgan fingerprint density at radius 2 is 2.06 bits per heavy atom.